The third kappa shape index (κ3) is 4.86. The Hall–Kier alpha value is -2.35. The van der Waals surface area contributed by atoms with Crippen molar-refractivity contribution in [1.29, 1.82) is 0 Å². The molecule has 1 aliphatic heterocycles. The van der Waals surface area contributed by atoms with Crippen LogP contribution >= 0.6 is 11.3 Å². The smallest absolute Gasteiger partial charge is 0.252 e. The fourth-order valence-electron chi connectivity index (χ4n) is 3.66. The van der Waals surface area contributed by atoms with Crippen LogP contribution in [0.4, 0.5) is 0 Å². The van der Waals surface area contributed by atoms with Crippen LogP contribution in [0.3, 0.4) is 0 Å². The molecule has 0 radical (unpaired) electrons. The van der Waals surface area contributed by atoms with E-state index in [9.17, 15) is 4.79 Å². The van der Waals surface area contributed by atoms with Crippen molar-refractivity contribution in [2.75, 3.05) is 26.2 Å². The van der Waals surface area contributed by atoms with Gasteiger partial charge in [-0.05, 0) is 25.0 Å². The fourth-order valence-corrected chi connectivity index (χ4v) is 4.50. The number of aromatic nitrogens is 2. The molecule has 30 heavy (non-hydrogen) atoms. The molecule has 7 heteroatoms. The molecule has 1 fully saturated rings. The van der Waals surface area contributed by atoms with Gasteiger partial charge in [-0.1, -0.05) is 32.0 Å². The van der Waals surface area contributed by atoms with E-state index in [2.05, 4.69) is 29.0 Å². The Morgan fingerprint density at radius 1 is 1.37 bits per heavy atom. The molecule has 0 saturated carbocycles. The number of carbonyl (C=O) groups excluding carboxylic acids is 1. The predicted molar refractivity (Wildman–Crippen MR) is 120 cm³/mol. The molecule has 158 valence electrons. The Morgan fingerprint density at radius 2 is 2.20 bits per heavy atom. The monoisotopic (exact) mass is 424 g/mol. The number of hydrogen-bond donors (Lipinski definition) is 1. The minimum atomic E-state index is -0.158. The van der Waals surface area contributed by atoms with Crippen LogP contribution in [0, 0.1) is 12.8 Å². The van der Waals surface area contributed by atoms with E-state index in [-0.39, 0.29) is 12.0 Å². The summed E-state index contributed by atoms with van der Waals surface area (Å²) >= 11 is 1.73. The van der Waals surface area contributed by atoms with Crippen molar-refractivity contribution in [1.82, 2.24) is 20.2 Å². The van der Waals surface area contributed by atoms with Crippen LogP contribution in [0.5, 0.6) is 0 Å². The Labute approximate surface area is 181 Å². The first kappa shape index (κ1) is 20.9. The average Bonchev–Trinajstić information content (AvgIpc) is 3.15. The summed E-state index contributed by atoms with van der Waals surface area (Å²) in [5.41, 5.74) is 2.30. The van der Waals surface area contributed by atoms with Crippen molar-refractivity contribution in [3.05, 3.63) is 57.7 Å². The van der Waals surface area contributed by atoms with E-state index >= 15 is 0 Å². The summed E-state index contributed by atoms with van der Waals surface area (Å²) < 4.78 is 6.07. The van der Waals surface area contributed by atoms with Crippen LogP contribution in [0.25, 0.3) is 10.9 Å². The molecule has 0 bridgehead atoms. The number of fused-ring (bicyclic) bond motifs is 1. The van der Waals surface area contributed by atoms with Gasteiger partial charge in [0, 0.05) is 42.6 Å². The lowest BCUT2D eigenvalue weighted by atomic mass is 10.0. The Bertz CT molecular complexity index is 1030. The zero-order valence-corrected chi connectivity index (χ0v) is 18.5. The van der Waals surface area contributed by atoms with Crippen LogP contribution in [0.15, 0.2) is 36.5 Å². The topological polar surface area (TPSA) is 67.4 Å². The Morgan fingerprint density at radius 3 is 2.97 bits per heavy atom. The van der Waals surface area contributed by atoms with E-state index in [1.807, 2.05) is 43.5 Å². The van der Waals surface area contributed by atoms with Gasteiger partial charge in [-0.2, -0.15) is 0 Å². The van der Waals surface area contributed by atoms with E-state index in [0.29, 0.717) is 24.6 Å². The van der Waals surface area contributed by atoms with Crippen LogP contribution in [0.2, 0.25) is 0 Å². The maximum absolute atomic E-state index is 12.9. The highest BCUT2D eigenvalue weighted by atomic mass is 32.1. The number of morpholine rings is 1. The minimum absolute atomic E-state index is 0.0589. The van der Waals surface area contributed by atoms with E-state index in [1.165, 1.54) is 4.88 Å². The number of para-hydroxylation sites is 1. The summed E-state index contributed by atoms with van der Waals surface area (Å²) in [6, 6.07) is 9.71. The number of aryl methyl sites for hydroxylation is 1. The molecule has 1 atom stereocenters. The van der Waals surface area contributed by atoms with E-state index < -0.39 is 0 Å². The third-order valence-corrected chi connectivity index (χ3v) is 6.08. The van der Waals surface area contributed by atoms with Gasteiger partial charge in [0.15, 0.2) is 0 Å². The number of thiazole rings is 1. The second kappa shape index (κ2) is 9.20. The lowest BCUT2D eigenvalue weighted by molar-refractivity contribution is -0.0345. The number of benzene rings is 1. The summed E-state index contributed by atoms with van der Waals surface area (Å²) in [4.78, 5) is 25.7. The van der Waals surface area contributed by atoms with Crippen molar-refractivity contribution in [3.8, 4) is 0 Å². The SMILES string of the molecule is Cc1ncc(CN2CCOC(c3cc(C(=O)NCC(C)C)c4ccccc4n3)C2)s1. The lowest BCUT2D eigenvalue weighted by Gasteiger charge is -2.32. The number of nitrogens with zero attached hydrogens (tertiary/aromatic N) is 3. The number of pyridine rings is 1. The molecule has 3 aromatic rings. The normalized spacial score (nSPS) is 17.5. The number of rotatable bonds is 6. The molecule has 6 nitrogen and oxygen atoms in total. The van der Waals surface area contributed by atoms with Crippen molar-refractivity contribution >= 4 is 28.1 Å². The summed E-state index contributed by atoms with van der Waals surface area (Å²) in [6.45, 7) is 9.98. The highest BCUT2D eigenvalue weighted by Gasteiger charge is 2.25. The van der Waals surface area contributed by atoms with Crippen LogP contribution < -0.4 is 5.32 Å². The van der Waals surface area contributed by atoms with Gasteiger partial charge in [0.25, 0.3) is 5.91 Å². The quantitative estimate of drug-likeness (QED) is 0.649. The van der Waals surface area contributed by atoms with E-state index in [0.717, 1.165) is 41.2 Å². The van der Waals surface area contributed by atoms with Crippen molar-refractivity contribution in [2.45, 2.75) is 33.4 Å². The average molecular weight is 425 g/mol. The van der Waals surface area contributed by atoms with Gasteiger partial charge < -0.3 is 10.1 Å². The van der Waals surface area contributed by atoms with E-state index in [4.69, 9.17) is 9.72 Å². The Balaban J connectivity index is 1.59. The van der Waals surface area contributed by atoms with Gasteiger partial charge in [-0.25, -0.2) is 9.97 Å². The molecular formula is C23H28N4O2S. The highest BCUT2D eigenvalue weighted by Crippen LogP contribution is 2.27. The number of hydrogen-bond acceptors (Lipinski definition) is 6. The molecule has 1 N–H and O–H groups in total. The summed E-state index contributed by atoms with van der Waals surface area (Å²) in [6.07, 6.45) is 1.80. The first-order valence-corrected chi connectivity index (χ1v) is 11.2. The zero-order chi connectivity index (χ0) is 21.1. The van der Waals surface area contributed by atoms with Crippen LogP contribution in [-0.2, 0) is 11.3 Å². The molecule has 1 aliphatic rings. The molecule has 3 heterocycles. The van der Waals surface area contributed by atoms with Gasteiger partial charge in [0.2, 0.25) is 0 Å². The maximum Gasteiger partial charge on any atom is 0.252 e. The number of nitrogens with one attached hydrogen (secondary N) is 1. The zero-order valence-electron chi connectivity index (χ0n) is 17.7. The largest absolute Gasteiger partial charge is 0.369 e. The fraction of sp³-hybridized carbons (Fsp3) is 0.435. The first-order chi connectivity index (χ1) is 14.5. The van der Waals surface area contributed by atoms with Gasteiger partial charge in [0.1, 0.15) is 6.10 Å². The highest BCUT2D eigenvalue weighted by molar-refractivity contribution is 7.11. The van der Waals surface area contributed by atoms with Gasteiger partial charge in [-0.15, -0.1) is 11.3 Å². The molecule has 0 aliphatic carbocycles. The summed E-state index contributed by atoms with van der Waals surface area (Å²) in [5, 5.41) is 5.00. The standard InChI is InChI=1S/C23H28N4O2S/c1-15(2)11-25-23(28)19-10-21(26-20-7-5-4-6-18(19)20)22-14-27(8-9-29-22)13-17-12-24-16(3)30-17/h4-7,10,12,15,22H,8-9,11,13-14H2,1-3H3,(H,25,28). The molecule has 1 aromatic carbocycles. The molecule has 2 aromatic heterocycles. The first-order valence-electron chi connectivity index (χ1n) is 10.4. The molecular weight excluding hydrogens is 396 g/mol. The van der Waals surface area contributed by atoms with Crippen molar-refractivity contribution in [2.24, 2.45) is 5.92 Å². The Kier molecular flexibility index (Phi) is 6.41. The maximum atomic E-state index is 12.9. The molecule has 0 spiro atoms. The molecule has 1 saturated heterocycles. The van der Waals surface area contributed by atoms with Crippen molar-refractivity contribution in [3.63, 3.8) is 0 Å². The van der Waals surface area contributed by atoms with Crippen LogP contribution in [-0.4, -0.2) is 47.0 Å². The molecule has 1 amide bonds. The van der Waals surface area contributed by atoms with E-state index in [1.54, 1.807) is 11.3 Å². The van der Waals surface area contributed by atoms with Gasteiger partial charge in [0.05, 0.1) is 28.4 Å². The number of amides is 1. The second-order valence-corrected chi connectivity index (χ2v) is 9.48. The number of carbonyl (C=O) groups is 1. The van der Waals surface area contributed by atoms with Crippen molar-refractivity contribution < 1.29 is 9.53 Å². The second-order valence-electron chi connectivity index (χ2n) is 8.16. The van der Waals surface area contributed by atoms with Gasteiger partial charge >= 0.3 is 0 Å². The molecule has 1 unspecified atom stereocenters. The predicted octanol–water partition coefficient (Wildman–Crippen LogP) is 3.96. The molecule has 4 rings (SSSR count). The summed E-state index contributed by atoms with van der Waals surface area (Å²) in [7, 11) is 0. The third-order valence-electron chi connectivity index (χ3n) is 5.18. The van der Waals surface area contributed by atoms with Gasteiger partial charge in [-0.3, -0.25) is 9.69 Å². The van der Waals surface area contributed by atoms with Crippen LogP contribution in [0.1, 0.15) is 45.9 Å². The minimum Gasteiger partial charge on any atom is -0.369 e. The summed E-state index contributed by atoms with van der Waals surface area (Å²) in [5.74, 6) is 0.337. The number of ether oxygens (including phenoxy) is 1. The lowest BCUT2D eigenvalue weighted by Crippen LogP contribution is -2.38.